The van der Waals surface area contributed by atoms with Crippen LogP contribution < -0.4 is 5.73 Å². The Morgan fingerprint density at radius 1 is 1.00 bits per heavy atom. The minimum Gasteiger partial charge on any atom is -0.396 e. The maximum atomic E-state index is 13.9. The van der Waals surface area contributed by atoms with E-state index in [1.807, 2.05) is 24.3 Å². The minimum absolute atomic E-state index is 0.0729. The number of anilines is 1. The van der Waals surface area contributed by atoms with Gasteiger partial charge < -0.3 is 5.73 Å². The summed E-state index contributed by atoms with van der Waals surface area (Å²) in [6, 6.07) is 9.74. The average Bonchev–Trinajstić information content (AvgIpc) is 2.43. The van der Waals surface area contributed by atoms with Gasteiger partial charge in [0.2, 0.25) is 0 Å². The Morgan fingerprint density at radius 3 is 2.15 bits per heavy atom. The van der Waals surface area contributed by atoms with E-state index in [2.05, 4.69) is 20.8 Å². The number of benzene rings is 2. The van der Waals surface area contributed by atoms with Crippen molar-refractivity contribution in [1.82, 2.24) is 0 Å². The van der Waals surface area contributed by atoms with Crippen molar-refractivity contribution < 1.29 is 8.78 Å². The fourth-order valence-electron chi connectivity index (χ4n) is 2.09. The fourth-order valence-corrected chi connectivity index (χ4v) is 2.09. The van der Waals surface area contributed by atoms with Crippen LogP contribution in [0.25, 0.3) is 11.1 Å². The van der Waals surface area contributed by atoms with E-state index in [4.69, 9.17) is 5.73 Å². The standard InChI is InChI=1S/C17H19F2N/c1-4-17(2,3)12-7-5-11(6-8-12)13-9-15(19)16(20)10-14(13)18/h5-10H,4,20H2,1-3H3. The molecule has 2 aromatic carbocycles. The molecule has 0 saturated carbocycles. The average molecular weight is 275 g/mol. The molecule has 20 heavy (non-hydrogen) atoms. The first kappa shape index (κ1) is 14.5. The third kappa shape index (κ3) is 2.67. The highest BCUT2D eigenvalue weighted by atomic mass is 19.1. The summed E-state index contributed by atoms with van der Waals surface area (Å²) in [5.74, 6) is -1.11. The Balaban J connectivity index is 2.43. The molecule has 0 atom stereocenters. The van der Waals surface area contributed by atoms with Gasteiger partial charge >= 0.3 is 0 Å². The third-order valence-corrected chi connectivity index (χ3v) is 3.95. The molecule has 2 aromatic rings. The van der Waals surface area contributed by atoms with Gasteiger partial charge in [-0.3, -0.25) is 0 Å². The van der Waals surface area contributed by atoms with Crippen LogP contribution in [0.2, 0.25) is 0 Å². The molecule has 0 aliphatic heterocycles. The quantitative estimate of drug-likeness (QED) is 0.792. The van der Waals surface area contributed by atoms with Crippen molar-refractivity contribution in [1.29, 1.82) is 0 Å². The maximum absolute atomic E-state index is 13.9. The Kier molecular flexibility index (Phi) is 3.80. The predicted octanol–water partition coefficient (Wildman–Crippen LogP) is 4.90. The first-order valence-corrected chi connectivity index (χ1v) is 6.70. The molecule has 0 amide bonds. The largest absolute Gasteiger partial charge is 0.396 e. The Labute approximate surface area is 118 Å². The molecular weight excluding hydrogens is 256 g/mol. The van der Waals surface area contributed by atoms with E-state index in [9.17, 15) is 8.78 Å². The van der Waals surface area contributed by atoms with Crippen LogP contribution in [0.1, 0.15) is 32.8 Å². The molecule has 0 aliphatic carbocycles. The second-order valence-electron chi connectivity index (χ2n) is 5.67. The van der Waals surface area contributed by atoms with Gasteiger partial charge in [-0.25, -0.2) is 8.78 Å². The molecule has 2 rings (SSSR count). The monoisotopic (exact) mass is 275 g/mol. The van der Waals surface area contributed by atoms with Gasteiger partial charge in [-0.05, 0) is 29.0 Å². The summed E-state index contributed by atoms with van der Waals surface area (Å²) in [5.41, 5.74) is 7.32. The van der Waals surface area contributed by atoms with E-state index in [-0.39, 0.29) is 16.7 Å². The van der Waals surface area contributed by atoms with Crippen LogP contribution in [-0.2, 0) is 5.41 Å². The molecule has 0 fully saturated rings. The number of hydrogen-bond donors (Lipinski definition) is 1. The SMILES string of the molecule is CCC(C)(C)c1ccc(-c2cc(F)c(N)cc2F)cc1. The van der Waals surface area contributed by atoms with Crippen LogP contribution in [-0.4, -0.2) is 0 Å². The van der Waals surface area contributed by atoms with Gasteiger partial charge in [0.1, 0.15) is 11.6 Å². The zero-order chi connectivity index (χ0) is 14.9. The highest BCUT2D eigenvalue weighted by Crippen LogP contribution is 2.31. The topological polar surface area (TPSA) is 26.0 Å². The highest BCUT2D eigenvalue weighted by Gasteiger charge is 2.18. The van der Waals surface area contributed by atoms with Gasteiger partial charge in [0.15, 0.2) is 0 Å². The Bertz CT molecular complexity index is 616. The van der Waals surface area contributed by atoms with Crippen molar-refractivity contribution in [3.63, 3.8) is 0 Å². The van der Waals surface area contributed by atoms with Crippen LogP contribution in [0.4, 0.5) is 14.5 Å². The third-order valence-electron chi connectivity index (χ3n) is 3.95. The molecule has 0 aromatic heterocycles. The summed E-state index contributed by atoms with van der Waals surface area (Å²) in [6.07, 6.45) is 1.01. The second kappa shape index (κ2) is 5.23. The van der Waals surface area contributed by atoms with Gasteiger partial charge in [0.25, 0.3) is 0 Å². The number of nitrogens with two attached hydrogens (primary N) is 1. The summed E-state index contributed by atoms with van der Waals surface area (Å²) in [7, 11) is 0. The van der Waals surface area contributed by atoms with E-state index in [0.717, 1.165) is 18.6 Å². The lowest BCUT2D eigenvalue weighted by Gasteiger charge is -2.23. The smallest absolute Gasteiger partial charge is 0.146 e. The fraction of sp³-hybridized carbons (Fsp3) is 0.294. The lowest BCUT2D eigenvalue weighted by atomic mass is 9.82. The number of nitrogen functional groups attached to an aromatic ring is 1. The molecule has 3 heteroatoms. The normalized spacial score (nSPS) is 11.7. The van der Waals surface area contributed by atoms with Crippen molar-refractivity contribution >= 4 is 5.69 Å². The molecular formula is C17H19F2N. The van der Waals surface area contributed by atoms with Crippen LogP contribution in [0.15, 0.2) is 36.4 Å². The first-order chi connectivity index (χ1) is 9.35. The van der Waals surface area contributed by atoms with Crippen molar-refractivity contribution in [2.75, 3.05) is 5.73 Å². The molecule has 0 unspecified atom stereocenters. The lowest BCUT2D eigenvalue weighted by Crippen LogP contribution is -2.14. The zero-order valence-corrected chi connectivity index (χ0v) is 12.0. The van der Waals surface area contributed by atoms with Gasteiger partial charge in [-0.1, -0.05) is 45.0 Å². The molecule has 0 bridgehead atoms. The van der Waals surface area contributed by atoms with E-state index >= 15 is 0 Å². The van der Waals surface area contributed by atoms with E-state index in [1.54, 1.807) is 0 Å². The summed E-state index contributed by atoms with van der Waals surface area (Å²) < 4.78 is 27.3. The van der Waals surface area contributed by atoms with Crippen molar-refractivity contribution in [3.05, 3.63) is 53.6 Å². The van der Waals surface area contributed by atoms with Crippen molar-refractivity contribution in [2.24, 2.45) is 0 Å². The van der Waals surface area contributed by atoms with Crippen LogP contribution >= 0.6 is 0 Å². The minimum atomic E-state index is -0.598. The predicted molar refractivity (Wildman–Crippen MR) is 79.5 cm³/mol. The first-order valence-electron chi connectivity index (χ1n) is 6.70. The van der Waals surface area contributed by atoms with Crippen LogP contribution in [0, 0.1) is 11.6 Å². The zero-order valence-electron chi connectivity index (χ0n) is 12.0. The van der Waals surface area contributed by atoms with Gasteiger partial charge in [0, 0.05) is 11.6 Å². The van der Waals surface area contributed by atoms with Gasteiger partial charge in [-0.2, -0.15) is 0 Å². The molecule has 106 valence electrons. The Hall–Kier alpha value is -1.90. The van der Waals surface area contributed by atoms with Crippen molar-refractivity contribution in [2.45, 2.75) is 32.6 Å². The van der Waals surface area contributed by atoms with E-state index in [1.165, 1.54) is 5.56 Å². The molecule has 0 spiro atoms. The molecule has 0 saturated heterocycles. The lowest BCUT2D eigenvalue weighted by molar-refractivity contribution is 0.506. The summed E-state index contributed by atoms with van der Waals surface area (Å²) in [5, 5.41) is 0. The molecule has 1 nitrogen and oxygen atoms in total. The van der Waals surface area contributed by atoms with Gasteiger partial charge in [-0.15, -0.1) is 0 Å². The molecule has 0 radical (unpaired) electrons. The molecule has 0 heterocycles. The van der Waals surface area contributed by atoms with Crippen molar-refractivity contribution in [3.8, 4) is 11.1 Å². The van der Waals surface area contributed by atoms with E-state index < -0.39 is 11.6 Å². The molecule has 0 aliphatic rings. The highest BCUT2D eigenvalue weighted by molar-refractivity contribution is 5.67. The summed E-state index contributed by atoms with van der Waals surface area (Å²) in [4.78, 5) is 0. The second-order valence-corrected chi connectivity index (χ2v) is 5.67. The van der Waals surface area contributed by atoms with Crippen LogP contribution in [0.5, 0.6) is 0 Å². The van der Waals surface area contributed by atoms with Gasteiger partial charge in [0.05, 0.1) is 5.69 Å². The molecule has 2 N–H and O–H groups in total. The number of hydrogen-bond acceptors (Lipinski definition) is 1. The number of rotatable bonds is 3. The maximum Gasteiger partial charge on any atom is 0.146 e. The van der Waals surface area contributed by atoms with Crippen LogP contribution in [0.3, 0.4) is 0 Å². The Morgan fingerprint density at radius 2 is 1.60 bits per heavy atom. The summed E-state index contributed by atoms with van der Waals surface area (Å²) in [6.45, 7) is 6.44. The van der Waals surface area contributed by atoms with E-state index in [0.29, 0.717) is 5.56 Å². The summed E-state index contributed by atoms with van der Waals surface area (Å²) >= 11 is 0. The number of halogens is 2.